The standard InChI is InChI=1S/C29H35FN4O3/c1-17(33(2)3)18-9-11-34(12-10-18)28-22-14-21(20-7-8-26(37-31)27(13-20)36-4)24(30)15-25(22)32-16-23(28)29(35)19-5-6-19/h7-8,13-19H,5-6,9-12,31H2,1-4H3. The number of carbonyl (C=O) groups is 1. The van der Waals surface area contributed by atoms with Crippen LogP contribution in [0.5, 0.6) is 11.5 Å². The first-order valence-corrected chi connectivity index (χ1v) is 12.9. The van der Waals surface area contributed by atoms with Gasteiger partial charge >= 0.3 is 0 Å². The maximum Gasteiger partial charge on any atom is 0.188 e. The molecule has 1 aliphatic carbocycles. The number of rotatable bonds is 8. The topological polar surface area (TPSA) is 80.9 Å². The summed E-state index contributed by atoms with van der Waals surface area (Å²) in [7, 11) is 5.76. The van der Waals surface area contributed by atoms with E-state index in [2.05, 4.69) is 35.8 Å². The van der Waals surface area contributed by atoms with Crippen LogP contribution in [0.25, 0.3) is 22.0 Å². The van der Waals surface area contributed by atoms with Crippen molar-refractivity contribution < 1.29 is 18.8 Å². The van der Waals surface area contributed by atoms with Gasteiger partial charge in [-0.2, -0.15) is 5.90 Å². The SMILES string of the molecule is COc1cc(-c2cc3c(N4CCC(C(C)N(C)C)CC4)c(C(=O)C4CC4)cnc3cc2F)ccc1ON. The number of fused-ring (bicyclic) bond motifs is 1. The monoisotopic (exact) mass is 506 g/mol. The fourth-order valence-corrected chi connectivity index (χ4v) is 5.47. The molecule has 1 atom stereocenters. The minimum Gasteiger partial charge on any atom is -0.493 e. The van der Waals surface area contributed by atoms with Gasteiger partial charge in [0, 0.05) is 48.3 Å². The molecular formula is C29H35FN4O3. The van der Waals surface area contributed by atoms with Crippen LogP contribution in [0.15, 0.2) is 36.5 Å². The number of piperidine rings is 1. The van der Waals surface area contributed by atoms with Crippen LogP contribution >= 0.6 is 0 Å². The molecule has 2 fully saturated rings. The van der Waals surface area contributed by atoms with Crippen LogP contribution in [-0.4, -0.2) is 56.0 Å². The van der Waals surface area contributed by atoms with Crippen LogP contribution in [0.4, 0.5) is 10.1 Å². The molecule has 2 heterocycles. The predicted octanol–water partition coefficient (Wildman–Crippen LogP) is 5.06. The highest BCUT2D eigenvalue weighted by Gasteiger charge is 2.35. The molecule has 0 amide bonds. The third kappa shape index (κ3) is 4.88. The van der Waals surface area contributed by atoms with Crippen LogP contribution in [-0.2, 0) is 0 Å². The maximum absolute atomic E-state index is 15.4. The highest BCUT2D eigenvalue weighted by molar-refractivity contribution is 6.10. The van der Waals surface area contributed by atoms with Gasteiger partial charge in [-0.3, -0.25) is 9.78 Å². The van der Waals surface area contributed by atoms with Crippen LogP contribution in [0.1, 0.15) is 43.0 Å². The van der Waals surface area contributed by atoms with Gasteiger partial charge in [0.25, 0.3) is 0 Å². The summed E-state index contributed by atoms with van der Waals surface area (Å²) < 4.78 is 20.8. The van der Waals surface area contributed by atoms with Crippen LogP contribution < -0.4 is 20.4 Å². The van der Waals surface area contributed by atoms with E-state index in [0.717, 1.165) is 49.8 Å². The van der Waals surface area contributed by atoms with E-state index >= 15 is 4.39 Å². The van der Waals surface area contributed by atoms with Crippen molar-refractivity contribution >= 4 is 22.4 Å². The van der Waals surface area contributed by atoms with Gasteiger partial charge in [0.05, 0.1) is 23.9 Å². The first kappa shape index (κ1) is 25.4. The molecule has 7 nitrogen and oxygen atoms in total. The van der Waals surface area contributed by atoms with Crippen molar-refractivity contribution in [2.45, 2.75) is 38.6 Å². The highest BCUT2D eigenvalue weighted by Crippen LogP contribution is 2.42. The van der Waals surface area contributed by atoms with Crippen LogP contribution in [0, 0.1) is 17.7 Å². The van der Waals surface area contributed by atoms with Crippen LogP contribution in [0.2, 0.25) is 0 Å². The summed E-state index contributed by atoms with van der Waals surface area (Å²) in [6.07, 6.45) is 5.56. The van der Waals surface area contributed by atoms with Crippen molar-refractivity contribution in [1.29, 1.82) is 0 Å². The van der Waals surface area contributed by atoms with Gasteiger partial charge in [0.1, 0.15) is 5.82 Å². The van der Waals surface area contributed by atoms with Gasteiger partial charge in [0.15, 0.2) is 17.3 Å². The van der Waals surface area contributed by atoms with Crippen molar-refractivity contribution in [2.75, 3.05) is 39.2 Å². The molecule has 1 unspecified atom stereocenters. The fraction of sp³-hybridized carbons (Fsp3) is 0.448. The zero-order valence-electron chi connectivity index (χ0n) is 22.0. The minimum atomic E-state index is -0.394. The molecule has 1 saturated heterocycles. The summed E-state index contributed by atoms with van der Waals surface area (Å²) in [4.78, 5) is 27.3. The van der Waals surface area contributed by atoms with E-state index in [1.807, 2.05) is 6.07 Å². The molecule has 2 N–H and O–H groups in total. The Morgan fingerprint density at radius 3 is 2.49 bits per heavy atom. The summed E-state index contributed by atoms with van der Waals surface area (Å²) in [6, 6.07) is 8.87. The van der Waals surface area contributed by atoms with Crippen LogP contribution in [0.3, 0.4) is 0 Å². The Bertz CT molecular complexity index is 1320. The van der Waals surface area contributed by atoms with Gasteiger partial charge < -0.3 is 19.4 Å². The van der Waals surface area contributed by atoms with E-state index in [1.54, 1.807) is 24.4 Å². The molecular weight excluding hydrogens is 471 g/mol. The van der Waals surface area contributed by atoms with Crippen molar-refractivity contribution in [3.8, 4) is 22.6 Å². The van der Waals surface area contributed by atoms with E-state index in [-0.39, 0.29) is 11.7 Å². The first-order chi connectivity index (χ1) is 17.8. The van der Waals surface area contributed by atoms with Gasteiger partial charge in [-0.05, 0) is 76.4 Å². The highest BCUT2D eigenvalue weighted by atomic mass is 19.1. The molecule has 0 spiro atoms. The number of halogens is 1. The molecule has 3 aromatic rings. The van der Waals surface area contributed by atoms with E-state index < -0.39 is 5.82 Å². The molecule has 8 heteroatoms. The summed E-state index contributed by atoms with van der Waals surface area (Å²) >= 11 is 0. The number of hydrogen-bond acceptors (Lipinski definition) is 7. The summed E-state index contributed by atoms with van der Waals surface area (Å²) in [5, 5.41) is 0.792. The Morgan fingerprint density at radius 1 is 1.14 bits per heavy atom. The minimum absolute atomic E-state index is 0.0669. The Labute approximate surface area is 217 Å². The molecule has 0 radical (unpaired) electrons. The second-order valence-electron chi connectivity index (χ2n) is 10.5. The Balaban J connectivity index is 1.61. The number of benzene rings is 2. The second kappa shape index (κ2) is 10.3. The van der Waals surface area contributed by atoms with Gasteiger partial charge in [0.2, 0.25) is 0 Å². The zero-order chi connectivity index (χ0) is 26.3. The smallest absolute Gasteiger partial charge is 0.188 e. The molecule has 1 aromatic heterocycles. The van der Waals surface area contributed by atoms with E-state index in [4.69, 9.17) is 15.5 Å². The molecule has 0 bridgehead atoms. The molecule has 5 rings (SSSR count). The van der Waals surface area contributed by atoms with Gasteiger partial charge in [-0.25, -0.2) is 4.39 Å². The lowest BCUT2D eigenvalue weighted by Gasteiger charge is -2.39. The average molecular weight is 507 g/mol. The van der Waals surface area contributed by atoms with Gasteiger partial charge in [-0.1, -0.05) is 6.07 Å². The Hall–Kier alpha value is -3.23. The third-order valence-corrected chi connectivity index (χ3v) is 8.10. The number of hydrogen-bond donors (Lipinski definition) is 1. The Morgan fingerprint density at radius 2 is 1.86 bits per heavy atom. The van der Waals surface area contributed by atoms with Crippen molar-refractivity contribution in [1.82, 2.24) is 9.88 Å². The number of Topliss-reactive ketones (excluding diaryl/α,β-unsaturated/α-hetero) is 1. The number of carbonyl (C=O) groups excluding carboxylic acids is 1. The fourth-order valence-electron chi connectivity index (χ4n) is 5.47. The quantitative estimate of drug-likeness (QED) is 0.338. The maximum atomic E-state index is 15.4. The lowest BCUT2D eigenvalue weighted by molar-refractivity contribution is 0.0967. The first-order valence-electron chi connectivity index (χ1n) is 12.9. The molecule has 37 heavy (non-hydrogen) atoms. The number of nitrogens with two attached hydrogens (primary N) is 1. The Kier molecular flexibility index (Phi) is 7.05. The largest absolute Gasteiger partial charge is 0.493 e. The van der Waals surface area contributed by atoms with Crippen molar-refractivity contribution in [3.63, 3.8) is 0 Å². The predicted molar refractivity (Wildman–Crippen MR) is 144 cm³/mol. The number of pyridine rings is 1. The number of anilines is 1. The summed E-state index contributed by atoms with van der Waals surface area (Å²) in [5.41, 5.74) is 3.11. The zero-order valence-corrected chi connectivity index (χ0v) is 22.0. The van der Waals surface area contributed by atoms with E-state index in [1.165, 1.54) is 13.2 Å². The van der Waals surface area contributed by atoms with E-state index in [9.17, 15) is 4.79 Å². The normalized spacial score (nSPS) is 17.3. The lowest BCUT2D eigenvalue weighted by Crippen LogP contribution is -2.42. The van der Waals surface area contributed by atoms with Gasteiger partial charge in [-0.15, -0.1) is 0 Å². The lowest BCUT2D eigenvalue weighted by atomic mass is 9.88. The van der Waals surface area contributed by atoms with Crippen molar-refractivity contribution in [3.05, 3.63) is 47.9 Å². The molecule has 1 saturated carbocycles. The number of methoxy groups -OCH3 is 1. The average Bonchev–Trinajstić information content (AvgIpc) is 3.76. The summed E-state index contributed by atoms with van der Waals surface area (Å²) in [5.74, 6) is 6.52. The molecule has 2 aromatic carbocycles. The number of aromatic nitrogens is 1. The summed E-state index contributed by atoms with van der Waals surface area (Å²) in [6.45, 7) is 3.96. The second-order valence-corrected chi connectivity index (χ2v) is 10.5. The third-order valence-electron chi connectivity index (χ3n) is 8.10. The molecule has 2 aliphatic rings. The van der Waals surface area contributed by atoms with Crippen molar-refractivity contribution in [2.24, 2.45) is 17.7 Å². The number of ether oxygens (including phenoxy) is 1. The number of ketones is 1. The number of nitrogens with zero attached hydrogens (tertiary/aromatic N) is 3. The molecule has 196 valence electrons. The van der Waals surface area contributed by atoms with E-state index in [0.29, 0.717) is 45.7 Å². The molecule has 1 aliphatic heterocycles.